The Kier molecular flexibility index (Phi) is 8.79. The first-order chi connectivity index (χ1) is 20.0. The molecule has 8 heteroatoms. The summed E-state index contributed by atoms with van der Waals surface area (Å²) in [5, 5.41) is 1.91. The molecule has 0 bridgehead atoms. The maximum absolute atomic E-state index is 14.2. The molecule has 5 rings (SSSR count). The second kappa shape index (κ2) is 13.0. The van der Waals surface area contributed by atoms with E-state index in [9.17, 15) is 13.6 Å². The van der Waals surface area contributed by atoms with E-state index in [-0.39, 0.29) is 24.0 Å². The molecule has 0 atom stereocenters. The van der Waals surface area contributed by atoms with Crippen molar-refractivity contribution >= 4 is 16.7 Å². The van der Waals surface area contributed by atoms with Crippen LogP contribution in [0.5, 0.6) is 11.6 Å². The molecule has 41 heavy (non-hydrogen) atoms. The quantitative estimate of drug-likeness (QED) is 0.124. The standard InChI is InChI=1S/C33H28F2N2O4/c1-2-39-32(38)12-7-17-40-26-16-15-23-18-25(14-13-24(23)19-26)33-36-30(22-8-4-3-5-9-22)20-31(37-33)41-21-27-28(34)10-6-11-29(27)35/h3-6,8-11,13-16,18-20H,2,7,12,17,21H2,1H3. The van der Waals surface area contributed by atoms with Crippen molar-refractivity contribution in [1.29, 1.82) is 0 Å². The van der Waals surface area contributed by atoms with Gasteiger partial charge in [-0.2, -0.15) is 4.98 Å². The predicted molar refractivity (Wildman–Crippen MR) is 152 cm³/mol. The lowest BCUT2D eigenvalue weighted by molar-refractivity contribution is -0.143. The van der Waals surface area contributed by atoms with Gasteiger partial charge in [0.1, 0.15) is 24.0 Å². The number of nitrogens with zero attached hydrogens (tertiary/aromatic N) is 2. The number of hydrogen-bond acceptors (Lipinski definition) is 6. The Labute approximate surface area is 236 Å². The summed E-state index contributed by atoms with van der Waals surface area (Å²) >= 11 is 0. The van der Waals surface area contributed by atoms with Gasteiger partial charge in [0.25, 0.3) is 0 Å². The summed E-state index contributed by atoms with van der Waals surface area (Å²) in [6.45, 7) is 2.24. The molecule has 208 valence electrons. The van der Waals surface area contributed by atoms with E-state index in [1.165, 1.54) is 18.2 Å². The second-order valence-corrected chi connectivity index (χ2v) is 9.25. The number of ether oxygens (including phenoxy) is 3. The summed E-state index contributed by atoms with van der Waals surface area (Å²) < 4.78 is 44.9. The molecule has 0 fully saturated rings. The van der Waals surface area contributed by atoms with Crippen LogP contribution in [-0.4, -0.2) is 29.2 Å². The molecule has 6 nitrogen and oxygen atoms in total. The van der Waals surface area contributed by atoms with Crippen LogP contribution in [0, 0.1) is 11.6 Å². The summed E-state index contributed by atoms with van der Waals surface area (Å²) in [5.41, 5.74) is 2.05. The van der Waals surface area contributed by atoms with Gasteiger partial charge in [-0.1, -0.05) is 54.6 Å². The number of halogens is 2. The van der Waals surface area contributed by atoms with Crippen molar-refractivity contribution in [2.45, 2.75) is 26.4 Å². The summed E-state index contributed by atoms with van der Waals surface area (Å²) in [5.74, 6) is -0.278. The van der Waals surface area contributed by atoms with Gasteiger partial charge in [0.15, 0.2) is 5.82 Å². The molecule has 0 saturated carbocycles. The highest BCUT2D eigenvalue weighted by Gasteiger charge is 2.14. The zero-order valence-electron chi connectivity index (χ0n) is 22.5. The minimum atomic E-state index is -0.681. The third kappa shape index (κ3) is 7.03. The number of carbonyl (C=O) groups is 1. The van der Waals surface area contributed by atoms with Crippen LogP contribution in [0.4, 0.5) is 8.78 Å². The van der Waals surface area contributed by atoms with E-state index in [1.807, 2.05) is 66.7 Å². The van der Waals surface area contributed by atoms with E-state index < -0.39 is 11.6 Å². The Balaban J connectivity index is 1.39. The molecule has 0 spiro atoms. The Morgan fingerprint density at radius 3 is 2.32 bits per heavy atom. The highest BCUT2D eigenvalue weighted by Crippen LogP contribution is 2.29. The highest BCUT2D eigenvalue weighted by molar-refractivity contribution is 5.87. The fourth-order valence-electron chi connectivity index (χ4n) is 4.29. The van der Waals surface area contributed by atoms with Gasteiger partial charge in [-0.15, -0.1) is 0 Å². The smallest absolute Gasteiger partial charge is 0.305 e. The number of carbonyl (C=O) groups excluding carboxylic acids is 1. The van der Waals surface area contributed by atoms with Gasteiger partial charge >= 0.3 is 5.97 Å². The molecular formula is C33H28F2N2O4. The van der Waals surface area contributed by atoms with E-state index in [4.69, 9.17) is 19.2 Å². The van der Waals surface area contributed by atoms with Crippen LogP contribution in [0.1, 0.15) is 25.3 Å². The van der Waals surface area contributed by atoms with E-state index in [1.54, 1.807) is 13.0 Å². The van der Waals surface area contributed by atoms with Crippen molar-refractivity contribution < 1.29 is 27.8 Å². The van der Waals surface area contributed by atoms with Gasteiger partial charge in [0, 0.05) is 23.6 Å². The molecule has 0 unspecified atom stereocenters. The van der Waals surface area contributed by atoms with Crippen molar-refractivity contribution in [3.63, 3.8) is 0 Å². The van der Waals surface area contributed by atoms with Crippen LogP contribution in [0.3, 0.4) is 0 Å². The maximum atomic E-state index is 14.2. The van der Waals surface area contributed by atoms with Gasteiger partial charge in [0.2, 0.25) is 5.88 Å². The molecule has 5 aromatic rings. The lowest BCUT2D eigenvalue weighted by Gasteiger charge is -2.12. The van der Waals surface area contributed by atoms with Crippen LogP contribution in [0.15, 0.2) is 91.0 Å². The normalized spacial score (nSPS) is 10.9. The lowest BCUT2D eigenvalue weighted by atomic mass is 10.1. The zero-order chi connectivity index (χ0) is 28.6. The molecule has 1 aromatic heterocycles. The first kappa shape index (κ1) is 27.7. The molecular weight excluding hydrogens is 526 g/mol. The van der Waals surface area contributed by atoms with Crippen LogP contribution in [-0.2, 0) is 16.1 Å². The summed E-state index contributed by atoms with van der Waals surface area (Å²) in [6.07, 6.45) is 0.882. The molecule has 0 aliphatic carbocycles. The molecule has 1 heterocycles. The monoisotopic (exact) mass is 554 g/mol. The van der Waals surface area contributed by atoms with Gasteiger partial charge in [-0.05, 0) is 54.4 Å². The van der Waals surface area contributed by atoms with E-state index >= 15 is 0 Å². The average Bonchev–Trinajstić information content (AvgIpc) is 2.99. The molecule has 4 aromatic carbocycles. The fraction of sp³-hybridized carbons (Fsp3) is 0.182. The minimum Gasteiger partial charge on any atom is -0.494 e. The number of esters is 1. The number of fused-ring (bicyclic) bond motifs is 1. The van der Waals surface area contributed by atoms with Gasteiger partial charge in [-0.3, -0.25) is 4.79 Å². The van der Waals surface area contributed by atoms with Crippen LogP contribution >= 0.6 is 0 Å². The highest BCUT2D eigenvalue weighted by atomic mass is 19.1. The Bertz CT molecular complexity index is 1640. The van der Waals surface area contributed by atoms with Crippen molar-refractivity contribution in [2.75, 3.05) is 13.2 Å². The number of benzene rings is 4. The molecule has 0 amide bonds. The van der Waals surface area contributed by atoms with Gasteiger partial charge in [-0.25, -0.2) is 13.8 Å². The number of aromatic nitrogens is 2. The number of hydrogen-bond donors (Lipinski definition) is 0. The first-order valence-corrected chi connectivity index (χ1v) is 13.3. The van der Waals surface area contributed by atoms with Crippen molar-refractivity contribution in [3.8, 4) is 34.3 Å². The van der Waals surface area contributed by atoms with Gasteiger partial charge in [0.05, 0.1) is 24.5 Å². The lowest BCUT2D eigenvalue weighted by Crippen LogP contribution is -2.06. The fourth-order valence-corrected chi connectivity index (χ4v) is 4.29. The van der Waals surface area contributed by atoms with Crippen LogP contribution in [0.2, 0.25) is 0 Å². The maximum Gasteiger partial charge on any atom is 0.305 e. The molecule has 0 saturated heterocycles. The Morgan fingerprint density at radius 2 is 1.54 bits per heavy atom. The summed E-state index contributed by atoms with van der Waals surface area (Å²) in [6, 6.07) is 26.5. The van der Waals surface area contributed by atoms with Gasteiger partial charge < -0.3 is 14.2 Å². The van der Waals surface area contributed by atoms with E-state index in [0.29, 0.717) is 43.3 Å². The van der Waals surface area contributed by atoms with Crippen molar-refractivity contribution in [3.05, 3.63) is 108 Å². The average molecular weight is 555 g/mol. The first-order valence-electron chi connectivity index (χ1n) is 13.3. The predicted octanol–water partition coefficient (Wildman–Crippen LogP) is 7.54. The third-order valence-corrected chi connectivity index (χ3v) is 6.37. The second-order valence-electron chi connectivity index (χ2n) is 9.25. The zero-order valence-corrected chi connectivity index (χ0v) is 22.5. The number of rotatable bonds is 11. The summed E-state index contributed by atoms with van der Waals surface area (Å²) in [4.78, 5) is 20.8. The molecule has 0 N–H and O–H groups in total. The Morgan fingerprint density at radius 1 is 0.780 bits per heavy atom. The molecule has 0 aliphatic heterocycles. The van der Waals surface area contributed by atoms with Crippen molar-refractivity contribution in [2.24, 2.45) is 0 Å². The van der Waals surface area contributed by atoms with Crippen molar-refractivity contribution in [1.82, 2.24) is 9.97 Å². The molecule has 0 radical (unpaired) electrons. The van der Waals surface area contributed by atoms with E-state index in [0.717, 1.165) is 21.9 Å². The molecule has 0 aliphatic rings. The summed E-state index contributed by atoms with van der Waals surface area (Å²) in [7, 11) is 0. The topological polar surface area (TPSA) is 70.5 Å². The third-order valence-electron chi connectivity index (χ3n) is 6.37. The largest absolute Gasteiger partial charge is 0.494 e. The minimum absolute atomic E-state index is 0.168. The van der Waals surface area contributed by atoms with Crippen LogP contribution < -0.4 is 9.47 Å². The Hall–Kier alpha value is -4.85. The van der Waals surface area contributed by atoms with Crippen LogP contribution in [0.25, 0.3) is 33.4 Å². The van der Waals surface area contributed by atoms with E-state index in [2.05, 4.69) is 4.98 Å². The SMILES string of the molecule is CCOC(=O)CCCOc1ccc2cc(-c3nc(OCc4c(F)cccc4F)cc(-c4ccccc4)n3)ccc2c1.